The van der Waals surface area contributed by atoms with Gasteiger partial charge in [-0.1, -0.05) is 6.07 Å². The molecule has 1 fully saturated rings. The number of rotatable bonds is 6. The molecular formula is C17H25IN6S. The van der Waals surface area contributed by atoms with Crippen LogP contribution in [-0.4, -0.2) is 42.6 Å². The van der Waals surface area contributed by atoms with Crippen molar-refractivity contribution in [1.82, 2.24) is 20.6 Å². The fourth-order valence-corrected chi connectivity index (χ4v) is 3.58. The van der Waals surface area contributed by atoms with Crippen molar-refractivity contribution in [2.45, 2.75) is 25.8 Å². The van der Waals surface area contributed by atoms with Gasteiger partial charge in [-0.2, -0.15) is 0 Å². The molecule has 0 bridgehead atoms. The van der Waals surface area contributed by atoms with E-state index in [1.165, 1.54) is 18.0 Å². The highest BCUT2D eigenvalue weighted by Gasteiger charge is 2.15. The summed E-state index contributed by atoms with van der Waals surface area (Å²) in [5, 5.41) is 9.93. The third-order valence-electron chi connectivity index (χ3n) is 3.98. The zero-order valence-electron chi connectivity index (χ0n) is 14.4. The Morgan fingerprint density at radius 1 is 1.24 bits per heavy atom. The van der Waals surface area contributed by atoms with Gasteiger partial charge in [-0.3, -0.25) is 9.98 Å². The smallest absolute Gasteiger partial charge is 0.191 e. The summed E-state index contributed by atoms with van der Waals surface area (Å²) in [6, 6.07) is 5.90. The van der Waals surface area contributed by atoms with Gasteiger partial charge in [0.15, 0.2) is 11.1 Å². The third-order valence-corrected chi connectivity index (χ3v) is 4.93. The Kier molecular flexibility index (Phi) is 8.39. The summed E-state index contributed by atoms with van der Waals surface area (Å²) in [5.41, 5.74) is 2.14. The van der Waals surface area contributed by atoms with Gasteiger partial charge in [0.1, 0.15) is 0 Å². The number of halogens is 1. The van der Waals surface area contributed by atoms with E-state index >= 15 is 0 Å². The van der Waals surface area contributed by atoms with Crippen LogP contribution in [0.2, 0.25) is 0 Å². The first-order valence-electron chi connectivity index (χ1n) is 8.39. The SMILES string of the molecule is CN=C(NCCc1csc(N2CCCC2)n1)NCc1ccccn1.I. The fraction of sp³-hybridized carbons (Fsp3) is 0.471. The Hall–Kier alpha value is -1.42. The Labute approximate surface area is 170 Å². The molecule has 0 amide bonds. The van der Waals surface area contributed by atoms with Crippen molar-refractivity contribution in [2.75, 3.05) is 31.6 Å². The number of nitrogens with zero attached hydrogens (tertiary/aromatic N) is 4. The van der Waals surface area contributed by atoms with Crippen molar-refractivity contribution >= 4 is 46.4 Å². The highest BCUT2D eigenvalue weighted by atomic mass is 127. The van der Waals surface area contributed by atoms with Gasteiger partial charge < -0.3 is 15.5 Å². The molecule has 0 radical (unpaired) electrons. The quantitative estimate of drug-likeness (QED) is 0.385. The second kappa shape index (κ2) is 10.5. The van der Waals surface area contributed by atoms with E-state index in [4.69, 9.17) is 4.98 Å². The highest BCUT2D eigenvalue weighted by molar-refractivity contribution is 14.0. The Morgan fingerprint density at radius 2 is 2.08 bits per heavy atom. The summed E-state index contributed by atoms with van der Waals surface area (Å²) in [4.78, 5) is 15.7. The van der Waals surface area contributed by atoms with Crippen molar-refractivity contribution in [3.63, 3.8) is 0 Å². The molecule has 0 unspecified atom stereocenters. The zero-order valence-corrected chi connectivity index (χ0v) is 17.6. The molecule has 8 heteroatoms. The minimum absolute atomic E-state index is 0. The number of aliphatic imine (C=N–C) groups is 1. The summed E-state index contributed by atoms with van der Waals surface area (Å²) in [6.45, 7) is 3.77. The van der Waals surface area contributed by atoms with Crippen LogP contribution < -0.4 is 15.5 Å². The normalized spacial score (nSPS) is 14.3. The molecule has 1 aliphatic heterocycles. The van der Waals surface area contributed by atoms with Crippen molar-refractivity contribution in [3.05, 3.63) is 41.2 Å². The first kappa shape index (κ1) is 19.9. The van der Waals surface area contributed by atoms with E-state index in [0.29, 0.717) is 6.54 Å². The summed E-state index contributed by atoms with van der Waals surface area (Å²) in [7, 11) is 1.78. The molecule has 0 saturated carbocycles. The lowest BCUT2D eigenvalue weighted by Gasteiger charge is -2.12. The van der Waals surface area contributed by atoms with Gasteiger partial charge in [-0.05, 0) is 25.0 Å². The fourth-order valence-electron chi connectivity index (χ4n) is 2.67. The predicted molar refractivity (Wildman–Crippen MR) is 115 cm³/mol. The van der Waals surface area contributed by atoms with Crippen LogP contribution in [0.1, 0.15) is 24.2 Å². The van der Waals surface area contributed by atoms with Gasteiger partial charge in [-0.25, -0.2) is 4.98 Å². The van der Waals surface area contributed by atoms with Crippen molar-refractivity contribution < 1.29 is 0 Å². The van der Waals surface area contributed by atoms with Gasteiger partial charge in [0.05, 0.1) is 17.9 Å². The number of hydrogen-bond donors (Lipinski definition) is 2. The largest absolute Gasteiger partial charge is 0.356 e. The molecule has 3 rings (SSSR count). The third kappa shape index (κ3) is 6.10. The Bertz CT molecular complexity index is 654. The van der Waals surface area contributed by atoms with Crippen molar-refractivity contribution in [2.24, 2.45) is 4.99 Å². The molecule has 0 spiro atoms. The molecule has 6 nitrogen and oxygen atoms in total. The maximum absolute atomic E-state index is 4.74. The number of pyridine rings is 1. The van der Waals surface area contributed by atoms with E-state index in [0.717, 1.165) is 43.4 Å². The monoisotopic (exact) mass is 472 g/mol. The molecule has 136 valence electrons. The van der Waals surface area contributed by atoms with E-state index < -0.39 is 0 Å². The molecule has 2 aromatic heterocycles. The van der Waals surface area contributed by atoms with Gasteiger partial charge in [0, 0.05) is 44.7 Å². The van der Waals surface area contributed by atoms with E-state index in [-0.39, 0.29) is 24.0 Å². The molecule has 2 aromatic rings. The Balaban J connectivity index is 0.00000225. The van der Waals surface area contributed by atoms with E-state index in [1.54, 1.807) is 24.6 Å². The molecule has 1 saturated heterocycles. The molecular weight excluding hydrogens is 447 g/mol. The molecule has 25 heavy (non-hydrogen) atoms. The second-order valence-corrected chi connectivity index (χ2v) is 6.58. The topological polar surface area (TPSA) is 65.4 Å². The lowest BCUT2D eigenvalue weighted by Crippen LogP contribution is -2.38. The van der Waals surface area contributed by atoms with Crippen LogP contribution in [0, 0.1) is 0 Å². The van der Waals surface area contributed by atoms with Crippen LogP contribution in [-0.2, 0) is 13.0 Å². The number of guanidine groups is 1. The second-order valence-electron chi connectivity index (χ2n) is 5.74. The van der Waals surface area contributed by atoms with Gasteiger partial charge in [-0.15, -0.1) is 35.3 Å². The van der Waals surface area contributed by atoms with Crippen LogP contribution in [0.15, 0.2) is 34.8 Å². The van der Waals surface area contributed by atoms with Crippen LogP contribution in [0.4, 0.5) is 5.13 Å². The molecule has 3 heterocycles. The zero-order chi connectivity index (χ0) is 16.6. The number of nitrogens with one attached hydrogen (secondary N) is 2. The lowest BCUT2D eigenvalue weighted by molar-refractivity contribution is 0.776. The number of thiazole rings is 1. The molecule has 0 atom stereocenters. The van der Waals surface area contributed by atoms with Gasteiger partial charge in [0.2, 0.25) is 0 Å². The van der Waals surface area contributed by atoms with Crippen LogP contribution >= 0.6 is 35.3 Å². The molecule has 0 aliphatic carbocycles. The highest BCUT2D eigenvalue weighted by Crippen LogP contribution is 2.24. The summed E-state index contributed by atoms with van der Waals surface area (Å²) < 4.78 is 0. The number of anilines is 1. The standard InChI is InChI=1S/C17H24N6S.HI/c1-18-16(21-12-14-6-2-3-8-19-14)20-9-7-15-13-24-17(22-15)23-10-4-5-11-23;/h2-3,6,8,13H,4-5,7,9-12H2,1H3,(H2,18,20,21);1H. The first-order valence-corrected chi connectivity index (χ1v) is 9.27. The number of aromatic nitrogens is 2. The molecule has 0 aromatic carbocycles. The van der Waals surface area contributed by atoms with Crippen LogP contribution in [0.25, 0.3) is 0 Å². The predicted octanol–water partition coefficient (Wildman–Crippen LogP) is 2.66. The van der Waals surface area contributed by atoms with E-state index in [9.17, 15) is 0 Å². The maximum atomic E-state index is 4.74. The van der Waals surface area contributed by atoms with Crippen LogP contribution in [0.3, 0.4) is 0 Å². The lowest BCUT2D eigenvalue weighted by atomic mass is 10.3. The minimum Gasteiger partial charge on any atom is -0.356 e. The van der Waals surface area contributed by atoms with E-state index in [1.807, 2.05) is 18.2 Å². The maximum Gasteiger partial charge on any atom is 0.191 e. The minimum atomic E-state index is 0. The average molecular weight is 472 g/mol. The molecule has 1 aliphatic rings. The number of hydrogen-bond acceptors (Lipinski definition) is 5. The molecule has 2 N–H and O–H groups in total. The Morgan fingerprint density at radius 3 is 2.80 bits per heavy atom. The van der Waals surface area contributed by atoms with Crippen molar-refractivity contribution in [1.29, 1.82) is 0 Å². The van der Waals surface area contributed by atoms with Crippen LogP contribution in [0.5, 0.6) is 0 Å². The summed E-state index contributed by atoms with van der Waals surface area (Å²) >= 11 is 1.75. The summed E-state index contributed by atoms with van der Waals surface area (Å²) in [6.07, 6.45) is 5.27. The summed E-state index contributed by atoms with van der Waals surface area (Å²) in [5.74, 6) is 0.788. The van der Waals surface area contributed by atoms with Gasteiger partial charge >= 0.3 is 0 Å². The first-order chi connectivity index (χ1) is 11.8. The average Bonchev–Trinajstić information content (AvgIpc) is 3.30. The van der Waals surface area contributed by atoms with Crippen molar-refractivity contribution in [3.8, 4) is 0 Å². The van der Waals surface area contributed by atoms with Gasteiger partial charge in [0.25, 0.3) is 0 Å². The van der Waals surface area contributed by atoms with E-state index in [2.05, 4.69) is 30.9 Å².